The van der Waals surface area contributed by atoms with Crippen LogP contribution in [0, 0.1) is 0 Å². The monoisotopic (exact) mass is 324 g/mol. The summed E-state index contributed by atoms with van der Waals surface area (Å²) in [6.07, 6.45) is 1.20. The topological polar surface area (TPSA) is 93.8 Å². The molecule has 0 saturated carbocycles. The predicted molar refractivity (Wildman–Crippen MR) is 89.8 cm³/mol. The van der Waals surface area contributed by atoms with Crippen LogP contribution in [0.2, 0.25) is 0 Å². The molecule has 1 rings (SSSR count). The van der Waals surface area contributed by atoms with Crippen molar-refractivity contribution in [1.82, 2.24) is 5.32 Å². The van der Waals surface area contributed by atoms with Gasteiger partial charge < -0.3 is 25.6 Å². The first-order valence-corrected chi connectivity index (χ1v) is 8.00. The standard InChI is InChI=1S/C17H28N2O4/c1-4-5-13-8-15(22-11-17(18)21)6-7-16(13)23-10-14(20)9-19-12(2)3/h6-8,12,14,19-20H,4-5,9-11H2,1-3H3,(H2,18,21). The number of benzene rings is 1. The van der Waals surface area contributed by atoms with Crippen molar-refractivity contribution in [3.05, 3.63) is 23.8 Å². The summed E-state index contributed by atoms with van der Waals surface area (Å²) in [4.78, 5) is 10.8. The largest absolute Gasteiger partial charge is 0.491 e. The Morgan fingerprint density at radius 3 is 2.70 bits per heavy atom. The number of aliphatic hydroxyl groups is 1. The van der Waals surface area contributed by atoms with Gasteiger partial charge in [0.15, 0.2) is 6.61 Å². The number of primary amides is 1. The molecule has 1 aromatic carbocycles. The number of aliphatic hydroxyl groups excluding tert-OH is 1. The van der Waals surface area contributed by atoms with E-state index < -0.39 is 12.0 Å². The second kappa shape index (κ2) is 10.1. The molecule has 0 aliphatic heterocycles. The fraction of sp³-hybridized carbons (Fsp3) is 0.588. The molecule has 0 spiro atoms. The quantitative estimate of drug-likeness (QED) is 0.569. The first kappa shape index (κ1) is 19.3. The number of rotatable bonds is 11. The van der Waals surface area contributed by atoms with E-state index in [9.17, 15) is 9.90 Å². The molecule has 130 valence electrons. The summed E-state index contributed by atoms with van der Waals surface area (Å²) in [6, 6.07) is 5.70. The summed E-state index contributed by atoms with van der Waals surface area (Å²) in [7, 11) is 0. The average molecular weight is 324 g/mol. The highest BCUT2D eigenvalue weighted by molar-refractivity contribution is 5.75. The summed E-state index contributed by atoms with van der Waals surface area (Å²) in [5, 5.41) is 13.1. The molecule has 6 heteroatoms. The van der Waals surface area contributed by atoms with Gasteiger partial charge in [0.1, 0.15) is 24.2 Å². The smallest absolute Gasteiger partial charge is 0.255 e. The Bertz CT molecular complexity index is 491. The Morgan fingerprint density at radius 1 is 1.35 bits per heavy atom. The minimum Gasteiger partial charge on any atom is -0.491 e. The van der Waals surface area contributed by atoms with Crippen LogP contribution in [0.1, 0.15) is 32.8 Å². The zero-order chi connectivity index (χ0) is 17.2. The lowest BCUT2D eigenvalue weighted by molar-refractivity contribution is -0.119. The Morgan fingerprint density at radius 2 is 2.09 bits per heavy atom. The molecule has 23 heavy (non-hydrogen) atoms. The third-order valence-electron chi connectivity index (χ3n) is 3.13. The number of hydrogen-bond acceptors (Lipinski definition) is 5. The highest BCUT2D eigenvalue weighted by Gasteiger charge is 2.10. The maximum absolute atomic E-state index is 10.8. The second-order valence-electron chi connectivity index (χ2n) is 5.80. The minimum absolute atomic E-state index is 0.147. The Kier molecular flexibility index (Phi) is 8.43. The summed E-state index contributed by atoms with van der Waals surface area (Å²) in [5.74, 6) is 0.798. The van der Waals surface area contributed by atoms with Crippen LogP contribution < -0.4 is 20.5 Å². The van der Waals surface area contributed by atoms with Crippen molar-refractivity contribution < 1.29 is 19.4 Å². The summed E-state index contributed by atoms with van der Waals surface area (Å²) >= 11 is 0. The third-order valence-corrected chi connectivity index (χ3v) is 3.13. The van der Waals surface area contributed by atoms with E-state index in [1.807, 2.05) is 19.9 Å². The first-order chi connectivity index (χ1) is 10.9. The van der Waals surface area contributed by atoms with Crippen LogP contribution in [0.3, 0.4) is 0 Å². The molecule has 1 amide bonds. The van der Waals surface area contributed by atoms with Gasteiger partial charge >= 0.3 is 0 Å². The molecule has 1 unspecified atom stereocenters. The van der Waals surface area contributed by atoms with E-state index in [0.717, 1.165) is 24.2 Å². The van der Waals surface area contributed by atoms with Gasteiger partial charge in [-0.05, 0) is 30.2 Å². The van der Waals surface area contributed by atoms with Gasteiger partial charge in [-0.3, -0.25) is 4.79 Å². The molecule has 4 N–H and O–H groups in total. The Hall–Kier alpha value is -1.79. The predicted octanol–water partition coefficient (Wildman–Crippen LogP) is 1.24. The van der Waals surface area contributed by atoms with Gasteiger partial charge in [0.25, 0.3) is 5.91 Å². The number of ether oxygens (including phenoxy) is 2. The van der Waals surface area contributed by atoms with Crippen LogP contribution >= 0.6 is 0 Å². The summed E-state index contributed by atoms with van der Waals surface area (Å²) in [6.45, 7) is 6.68. The van der Waals surface area contributed by atoms with E-state index in [2.05, 4.69) is 12.2 Å². The molecule has 1 aromatic rings. The molecule has 0 aliphatic rings. The van der Waals surface area contributed by atoms with Crippen LogP contribution in [0.25, 0.3) is 0 Å². The van der Waals surface area contributed by atoms with Gasteiger partial charge in [0, 0.05) is 12.6 Å². The molecule has 0 aromatic heterocycles. The Balaban J connectivity index is 2.64. The second-order valence-corrected chi connectivity index (χ2v) is 5.80. The van der Waals surface area contributed by atoms with Crippen molar-refractivity contribution >= 4 is 5.91 Å². The van der Waals surface area contributed by atoms with Gasteiger partial charge in [0.2, 0.25) is 0 Å². The first-order valence-electron chi connectivity index (χ1n) is 8.00. The number of nitrogens with one attached hydrogen (secondary N) is 1. The molecular weight excluding hydrogens is 296 g/mol. The zero-order valence-corrected chi connectivity index (χ0v) is 14.2. The molecule has 0 aliphatic carbocycles. The highest BCUT2D eigenvalue weighted by Crippen LogP contribution is 2.25. The number of hydrogen-bond donors (Lipinski definition) is 3. The minimum atomic E-state index is -0.572. The van der Waals surface area contributed by atoms with Crippen molar-refractivity contribution in [2.24, 2.45) is 5.73 Å². The van der Waals surface area contributed by atoms with Crippen molar-refractivity contribution in [2.75, 3.05) is 19.8 Å². The van der Waals surface area contributed by atoms with Crippen LogP contribution in [0.4, 0.5) is 0 Å². The zero-order valence-electron chi connectivity index (χ0n) is 14.2. The molecule has 1 atom stereocenters. The van der Waals surface area contributed by atoms with Gasteiger partial charge in [-0.15, -0.1) is 0 Å². The molecular formula is C17H28N2O4. The molecule has 0 saturated heterocycles. The van der Waals surface area contributed by atoms with Gasteiger partial charge in [-0.25, -0.2) is 0 Å². The lowest BCUT2D eigenvalue weighted by Gasteiger charge is -2.17. The van der Waals surface area contributed by atoms with Crippen LogP contribution in [-0.2, 0) is 11.2 Å². The van der Waals surface area contributed by atoms with E-state index in [4.69, 9.17) is 15.2 Å². The number of nitrogens with two attached hydrogens (primary N) is 1. The molecule has 0 heterocycles. The lowest BCUT2D eigenvalue weighted by Crippen LogP contribution is -2.35. The third kappa shape index (κ3) is 7.85. The summed E-state index contributed by atoms with van der Waals surface area (Å²) < 4.78 is 11.0. The Labute approximate surface area is 138 Å². The molecule has 0 bridgehead atoms. The van der Waals surface area contributed by atoms with E-state index in [-0.39, 0.29) is 13.2 Å². The van der Waals surface area contributed by atoms with Gasteiger partial charge in [-0.2, -0.15) is 0 Å². The lowest BCUT2D eigenvalue weighted by atomic mass is 10.1. The fourth-order valence-corrected chi connectivity index (χ4v) is 2.02. The van der Waals surface area contributed by atoms with Crippen molar-refractivity contribution in [2.45, 2.75) is 45.8 Å². The van der Waals surface area contributed by atoms with E-state index >= 15 is 0 Å². The van der Waals surface area contributed by atoms with E-state index in [1.165, 1.54) is 0 Å². The normalized spacial score (nSPS) is 12.2. The number of carbonyl (C=O) groups is 1. The van der Waals surface area contributed by atoms with Crippen molar-refractivity contribution in [3.63, 3.8) is 0 Å². The maximum atomic E-state index is 10.8. The molecule has 0 radical (unpaired) electrons. The van der Waals surface area contributed by atoms with E-state index in [0.29, 0.717) is 18.3 Å². The molecule has 0 fully saturated rings. The van der Waals surface area contributed by atoms with Gasteiger partial charge in [0.05, 0.1) is 0 Å². The van der Waals surface area contributed by atoms with Gasteiger partial charge in [-0.1, -0.05) is 27.2 Å². The van der Waals surface area contributed by atoms with E-state index in [1.54, 1.807) is 12.1 Å². The molecule has 6 nitrogen and oxygen atoms in total. The maximum Gasteiger partial charge on any atom is 0.255 e. The van der Waals surface area contributed by atoms with Crippen LogP contribution in [0.15, 0.2) is 18.2 Å². The number of aryl methyl sites for hydroxylation is 1. The number of carbonyl (C=O) groups excluding carboxylic acids is 1. The number of amides is 1. The summed E-state index contributed by atoms with van der Waals surface area (Å²) in [5.41, 5.74) is 6.06. The van der Waals surface area contributed by atoms with Crippen molar-refractivity contribution in [3.8, 4) is 11.5 Å². The van der Waals surface area contributed by atoms with Crippen LogP contribution in [0.5, 0.6) is 11.5 Å². The van der Waals surface area contributed by atoms with Crippen LogP contribution in [-0.4, -0.2) is 42.9 Å². The average Bonchev–Trinajstić information content (AvgIpc) is 2.50. The fourth-order valence-electron chi connectivity index (χ4n) is 2.02. The SMILES string of the molecule is CCCc1cc(OCC(N)=O)ccc1OCC(O)CNC(C)C. The highest BCUT2D eigenvalue weighted by atomic mass is 16.5. The van der Waals surface area contributed by atoms with Crippen molar-refractivity contribution in [1.29, 1.82) is 0 Å².